The Morgan fingerprint density at radius 1 is 1.24 bits per heavy atom. The minimum absolute atomic E-state index is 0.0778. The molecule has 0 saturated carbocycles. The van der Waals surface area contributed by atoms with Gasteiger partial charge in [0.15, 0.2) is 0 Å². The van der Waals surface area contributed by atoms with E-state index in [1.807, 2.05) is 0 Å². The standard InChI is InChI=1S/C14H16ClFN2O3/c1-2-21-14(20)18-7-5-17(6-8-18)13(19)10-3-4-12(16)11(15)9-10/h3-4,9H,2,5-8H2,1H3. The second-order valence-electron chi connectivity index (χ2n) is 4.61. The first kappa shape index (κ1) is 15.6. The van der Waals surface area contributed by atoms with Crippen LogP contribution in [0.3, 0.4) is 0 Å². The van der Waals surface area contributed by atoms with Crippen molar-refractivity contribution in [2.45, 2.75) is 6.92 Å². The van der Waals surface area contributed by atoms with Gasteiger partial charge in [0.05, 0.1) is 11.6 Å². The van der Waals surface area contributed by atoms with E-state index in [-0.39, 0.29) is 17.0 Å². The highest BCUT2D eigenvalue weighted by Crippen LogP contribution is 2.18. The van der Waals surface area contributed by atoms with Gasteiger partial charge in [-0.1, -0.05) is 11.6 Å². The van der Waals surface area contributed by atoms with Gasteiger partial charge in [-0.15, -0.1) is 0 Å². The Morgan fingerprint density at radius 3 is 2.43 bits per heavy atom. The number of carbonyl (C=O) groups is 2. The van der Waals surface area contributed by atoms with Crippen LogP contribution in [0.2, 0.25) is 5.02 Å². The molecule has 0 aromatic heterocycles. The Kier molecular flexibility index (Phi) is 5.01. The zero-order valence-corrected chi connectivity index (χ0v) is 12.4. The Bertz CT molecular complexity index is 545. The fourth-order valence-corrected chi connectivity index (χ4v) is 2.30. The van der Waals surface area contributed by atoms with E-state index in [2.05, 4.69) is 0 Å². The minimum atomic E-state index is -0.555. The molecule has 1 saturated heterocycles. The van der Waals surface area contributed by atoms with E-state index in [4.69, 9.17) is 16.3 Å². The lowest BCUT2D eigenvalue weighted by Gasteiger charge is -2.34. The van der Waals surface area contributed by atoms with E-state index in [1.54, 1.807) is 16.7 Å². The first-order valence-corrected chi connectivity index (χ1v) is 7.06. The molecule has 0 atom stereocenters. The van der Waals surface area contributed by atoms with E-state index < -0.39 is 5.82 Å². The highest BCUT2D eigenvalue weighted by Gasteiger charge is 2.25. The van der Waals surface area contributed by atoms with Crippen molar-refractivity contribution in [3.63, 3.8) is 0 Å². The summed E-state index contributed by atoms with van der Waals surface area (Å²) in [6.07, 6.45) is -0.366. The third kappa shape index (κ3) is 3.64. The number of carbonyl (C=O) groups excluding carboxylic acids is 2. The first-order valence-electron chi connectivity index (χ1n) is 6.69. The fourth-order valence-electron chi connectivity index (χ4n) is 2.12. The third-order valence-corrected chi connectivity index (χ3v) is 3.55. The Balaban J connectivity index is 1.97. The Hall–Kier alpha value is -1.82. The van der Waals surface area contributed by atoms with Gasteiger partial charge in [-0.05, 0) is 25.1 Å². The second-order valence-corrected chi connectivity index (χ2v) is 5.01. The van der Waals surface area contributed by atoms with Gasteiger partial charge in [0.1, 0.15) is 5.82 Å². The normalized spacial score (nSPS) is 15.0. The molecule has 2 rings (SSSR count). The first-order chi connectivity index (χ1) is 10.0. The summed E-state index contributed by atoms with van der Waals surface area (Å²) in [5.74, 6) is -0.777. The number of piperazine rings is 1. The fraction of sp³-hybridized carbons (Fsp3) is 0.429. The zero-order valence-electron chi connectivity index (χ0n) is 11.6. The molecule has 7 heteroatoms. The van der Waals surface area contributed by atoms with Crippen LogP contribution in [0.1, 0.15) is 17.3 Å². The summed E-state index contributed by atoms with van der Waals surface area (Å²) in [7, 11) is 0. The molecule has 114 valence electrons. The molecule has 5 nitrogen and oxygen atoms in total. The average molecular weight is 315 g/mol. The predicted molar refractivity (Wildman–Crippen MR) is 75.9 cm³/mol. The van der Waals surface area contributed by atoms with E-state index in [0.717, 1.165) is 0 Å². The summed E-state index contributed by atoms with van der Waals surface area (Å²) in [5, 5.41) is -0.0778. The lowest BCUT2D eigenvalue weighted by atomic mass is 10.2. The van der Waals surface area contributed by atoms with Gasteiger partial charge in [-0.2, -0.15) is 0 Å². The highest BCUT2D eigenvalue weighted by molar-refractivity contribution is 6.31. The molecule has 0 N–H and O–H groups in total. The molecule has 0 unspecified atom stereocenters. The summed E-state index contributed by atoms with van der Waals surface area (Å²) < 4.78 is 18.0. The molecule has 21 heavy (non-hydrogen) atoms. The number of amides is 2. The van der Waals surface area contributed by atoms with E-state index >= 15 is 0 Å². The van der Waals surface area contributed by atoms with Crippen molar-refractivity contribution in [3.8, 4) is 0 Å². The number of hydrogen-bond donors (Lipinski definition) is 0. The number of ether oxygens (including phenoxy) is 1. The van der Waals surface area contributed by atoms with Crippen molar-refractivity contribution >= 4 is 23.6 Å². The van der Waals surface area contributed by atoms with Gasteiger partial charge in [-0.25, -0.2) is 9.18 Å². The van der Waals surface area contributed by atoms with Crippen molar-refractivity contribution in [3.05, 3.63) is 34.6 Å². The summed E-state index contributed by atoms with van der Waals surface area (Å²) in [6, 6.07) is 3.89. The van der Waals surface area contributed by atoms with Crippen LogP contribution in [-0.4, -0.2) is 54.6 Å². The maximum atomic E-state index is 13.1. The molecule has 1 aliphatic rings. The van der Waals surface area contributed by atoms with Crippen LogP contribution in [-0.2, 0) is 4.74 Å². The van der Waals surface area contributed by atoms with E-state index in [9.17, 15) is 14.0 Å². The van der Waals surface area contributed by atoms with Crippen LogP contribution in [0.25, 0.3) is 0 Å². The van der Waals surface area contributed by atoms with Crippen LogP contribution < -0.4 is 0 Å². The number of rotatable bonds is 2. The van der Waals surface area contributed by atoms with Crippen LogP contribution >= 0.6 is 11.6 Å². The largest absolute Gasteiger partial charge is 0.450 e. The molecule has 2 amide bonds. The van der Waals surface area contributed by atoms with E-state index in [0.29, 0.717) is 38.3 Å². The minimum Gasteiger partial charge on any atom is -0.450 e. The van der Waals surface area contributed by atoms with Crippen molar-refractivity contribution in [1.29, 1.82) is 0 Å². The van der Waals surface area contributed by atoms with Crippen molar-refractivity contribution < 1.29 is 18.7 Å². The lowest BCUT2D eigenvalue weighted by Crippen LogP contribution is -2.50. The van der Waals surface area contributed by atoms with E-state index in [1.165, 1.54) is 18.2 Å². The Morgan fingerprint density at radius 2 is 1.86 bits per heavy atom. The molecule has 1 heterocycles. The van der Waals surface area contributed by atoms with Gasteiger partial charge in [0.25, 0.3) is 5.91 Å². The lowest BCUT2D eigenvalue weighted by molar-refractivity contribution is 0.0570. The van der Waals surface area contributed by atoms with Gasteiger partial charge in [0, 0.05) is 31.7 Å². The number of halogens is 2. The second kappa shape index (κ2) is 6.76. The summed E-state index contributed by atoms with van der Waals surface area (Å²) in [6.45, 7) is 3.72. The van der Waals surface area contributed by atoms with Crippen LogP contribution in [0, 0.1) is 5.82 Å². The predicted octanol–water partition coefficient (Wildman–Crippen LogP) is 2.39. The summed E-state index contributed by atoms with van der Waals surface area (Å²) >= 11 is 5.68. The van der Waals surface area contributed by atoms with Crippen molar-refractivity contribution in [2.24, 2.45) is 0 Å². The monoisotopic (exact) mass is 314 g/mol. The molecule has 0 bridgehead atoms. The van der Waals surface area contributed by atoms with Gasteiger partial charge < -0.3 is 14.5 Å². The topological polar surface area (TPSA) is 49.9 Å². The molecule has 1 aromatic rings. The zero-order chi connectivity index (χ0) is 15.4. The molecule has 1 aromatic carbocycles. The van der Waals surface area contributed by atoms with Gasteiger partial charge >= 0.3 is 6.09 Å². The summed E-state index contributed by atoms with van der Waals surface area (Å²) in [4.78, 5) is 27.0. The van der Waals surface area contributed by atoms with Crippen molar-refractivity contribution in [2.75, 3.05) is 32.8 Å². The number of nitrogens with zero attached hydrogens (tertiary/aromatic N) is 2. The van der Waals surface area contributed by atoms with Crippen LogP contribution in [0.5, 0.6) is 0 Å². The van der Waals surface area contributed by atoms with Gasteiger partial charge in [0.2, 0.25) is 0 Å². The number of benzene rings is 1. The molecular formula is C14H16ClFN2O3. The maximum absolute atomic E-state index is 13.1. The Labute approximate surface area is 127 Å². The summed E-state index contributed by atoms with van der Waals surface area (Å²) in [5.41, 5.74) is 0.339. The van der Waals surface area contributed by atoms with Crippen LogP contribution in [0.15, 0.2) is 18.2 Å². The van der Waals surface area contributed by atoms with Gasteiger partial charge in [-0.3, -0.25) is 4.79 Å². The molecule has 1 aliphatic heterocycles. The molecule has 0 spiro atoms. The SMILES string of the molecule is CCOC(=O)N1CCN(C(=O)c2ccc(F)c(Cl)c2)CC1. The highest BCUT2D eigenvalue weighted by atomic mass is 35.5. The number of hydrogen-bond acceptors (Lipinski definition) is 3. The molecular weight excluding hydrogens is 299 g/mol. The van der Waals surface area contributed by atoms with Crippen molar-refractivity contribution in [1.82, 2.24) is 9.80 Å². The maximum Gasteiger partial charge on any atom is 0.409 e. The smallest absolute Gasteiger partial charge is 0.409 e. The average Bonchev–Trinajstić information content (AvgIpc) is 2.50. The third-order valence-electron chi connectivity index (χ3n) is 3.26. The molecule has 1 fully saturated rings. The van der Waals surface area contributed by atoms with Crippen LogP contribution in [0.4, 0.5) is 9.18 Å². The molecule has 0 aliphatic carbocycles. The molecule has 0 radical (unpaired) electrons. The quantitative estimate of drug-likeness (QED) is 0.842.